The molecule has 1 N–H and O–H groups in total. The van der Waals surface area contributed by atoms with Crippen molar-refractivity contribution in [2.45, 2.75) is 44.2 Å². The van der Waals surface area contributed by atoms with Gasteiger partial charge in [-0.05, 0) is 54.2 Å². The predicted molar refractivity (Wildman–Crippen MR) is 75.6 cm³/mol. The SMILES string of the molecule is c1cc(CNC2CCSCC2)cc(C2CC2)c1. The summed E-state index contributed by atoms with van der Waals surface area (Å²) in [5.41, 5.74) is 3.02. The molecule has 0 atom stereocenters. The standard InChI is InChI=1S/C15H21NS/c1-2-12(10-14(3-1)13-4-5-13)11-16-15-6-8-17-9-7-15/h1-3,10,13,15-16H,4-9,11H2. The first-order valence-corrected chi connectivity index (χ1v) is 7.97. The topological polar surface area (TPSA) is 12.0 Å². The van der Waals surface area contributed by atoms with Gasteiger partial charge in [0.05, 0.1) is 0 Å². The Balaban J connectivity index is 1.54. The van der Waals surface area contributed by atoms with Gasteiger partial charge in [-0.3, -0.25) is 0 Å². The molecule has 2 aliphatic rings. The van der Waals surface area contributed by atoms with Crippen molar-refractivity contribution in [3.05, 3.63) is 35.4 Å². The first-order chi connectivity index (χ1) is 8.42. The molecule has 1 aliphatic carbocycles. The van der Waals surface area contributed by atoms with Gasteiger partial charge < -0.3 is 5.32 Å². The first-order valence-electron chi connectivity index (χ1n) is 6.82. The smallest absolute Gasteiger partial charge is 0.0208 e. The van der Waals surface area contributed by atoms with Crippen LogP contribution < -0.4 is 5.32 Å². The van der Waals surface area contributed by atoms with Gasteiger partial charge in [0.1, 0.15) is 0 Å². The van der Waals surface area contributed by atoms with Crippen LogP contribution in [0.2, 0.25) is 0 Å². The highest BCUT2D eigenvalue weighted by molar-refractivity contribution is 7.99. The Kier molecular flexibility index (Phi) is 3.72. The van der Waals surface area contributed by atoms with Crippen molar-refractivity contribution in [1.82, 2.24) is 5.32 Å². The Morgan fingerprint density at radius 1 is 1.12 bits per heavy atom. The predicted octanol–water partition coefficient (Wildman–Crippen LogP) is 3.55. The summed E-state index contributed by atoms with van der Waals surface area (Å²) in [6.45, 7) is 1.05. The maximum absolute atomic E-state index is 3.71. The van der Waals surface area contributed by atoms with Gasteiger partial charge in [-0.1, -0.05) is 24.3 Å². The zero-order valence-electron chi connectivity index (χ0n) is 10.3. The van der Waals surface area contributed by atoms with Crippen molar-refractivity contribution in [3.63, 3.8) is 0 Å². The van der Waals surface area contributed by atoms with Crippen molar-refractivity contribution >= 4 is 11.8 Å². The molecule has 1 nitrogen and oxygen atoms in total. The molecule has 1 aromatic carbocycles. The van der Waals surface area contributed by atoms with Crippen LogP contribution in [0, 0.1) is 0 Å². The summed E-state index contributed by atoms with van der Waals surface area (Å²) in [5, 5.41) is 3.71. The molecule has 0 spiro atoms. The second-order valence-corrected chi connectivity index (χ2v) is 6.51. The maximum atomic E-state index is 3.71. The van der Waals surface area contributed by atoms with E-state index in [9.17, 15) is 0 Å². The van der Waals surface area contributed by atoms with Crippen molar-refractivity contribution in [2.75, 3.05) is 11.5 Å². The number of hydrogen-bond acceptors (Lipinski definition) is 2. The lowest BCUT2D eigenvalue weighted by atomic mass is 10.1. The van der Waals surface area contributed by atoms with E-state index in [4.69, 9.17) is 0 Å². The van der Waals surface area contributed by atoms with Gasteiger partial charge in [-0.15, -0.1) is 0 Å². The molecular formula is C15H21NS. The number of thioether (sulfide) groups is 1. The maximum Gasteiger partial charge on any atom is 0.0208 e. The van der Waals surface area contributed by atoms with Crippen LogP contribution in [0.1, 0.15) is 42.7 Å². The third-order valence-electron chi connectivity index (χ3n) is 3.82. The summed E-state index contributed by atoms with van der Waals surface area (Å²) in [5.74, 6) is 3.54. The number of hydrogen-bond donors (Lipinski definition) is 1. The second-order valence-electron chi connectivity index (χ2n) is 5.29. The van der Waals surface area contributed by atoms with Crippen LogP contribution >= 0.6 is 11.8 Å². The summed E-state index contributed by atoms with van der Waals surface area (Å²) in [4.78, 5) is 0. The average molecular weight is 247 g/mol. The first kappa shape index (κ1) is 11.6. The highest BCUT2D eigenvalue weighted by atomic mass is 32.2. The van der Waals surface area contributed by atoms with Crippen molar-refractivity contribution in [2.24, 2.45) is 0 Å². The minimum atomic E-state index is 0.751. The van der Waals surface area contributed by atoms with Gasteiger partial charge in [-0.25, -0.2) is 0 Å². The van der Waals surface area contributed by atoms with E-state index in [1.807, 2.05) is 0 Å². The van der Waals surface area contributed by atoms with Crippen molar-refractivity contribution in [3.8, 4) is 0 Å². The lowest BCUT2D eigenvalue weighted by molar-refractivity contribution is 0.482. The Hall–Kier alpha value is -0.470. The number of rotatable bonds is 4. The van der Waals surface area contributed by atoms with Gasteiger partial charge in [0.2, 0.25) is 0 Å². The fourth-order valence-electron chi connectivity index (χ4n) is 2.54. The number of nitrogens with one attached hydrogen (secondary N) is 1. The molecule has 1 saturated heterocycles. The van der Waals surface area contributed by atoms with E-state index in [-0.39, 0.29) is 0 Å². The Morgan fingerprint density at radius 3 is 2.71 bits per heavy atom. The largest absolute Gasteiger partial charge is 0.310 e. The molecule has 1 aliphatic heterocycles. The van der Waals surface area contributed by atoms with E-state index >= 15 is 0 Å². The molecule has 0 aromatic heterocycles. The number of benzene rings is 1. The third kappa shape index (κ3) is 3.26. The van der Waals surface area contributed by atoms with E-state index in [0.29, 0.717) is 0 Å². The van der Waals surface area contributed by atoms with Gasteiger partial charge in [0.25, 0.3) is 0 Å². The molecular weight excluding hydrogens is 226 g/mol. The molecule has 3 rings (SSSR count). The lowest BCUT2D eigenvalue weighted by Gasteiger charge is -2.22. The van der Waals surface area contributed by atoms with Crippen LogP contribution in [-0.2, 0) is 6.54 Å². The van der Waals surface area contributed by atoms with Gasteiger partial charge in [0.15, 0.2) is 0 Å². The zero-order valence-corrected chi connectivity index (χ0v) is 11.1. The molecule has 0 amide bonds. The highest BCUT2D eigenvalue weighted by Crippen LogP contribution is 2.40. The van der Waals surface area contributed by atoms with Crippen molar-refractivity contribution < 1.29 is 0 Å². The summed E-state index contributed by atoms with van der Waals surface area (Å²) in [6.07, 6.45) is 5.48. The zero-order chi connectivity index (χ0) is 11.5. The Morgan fingerprint density at radius 2 is 1.94 bits per heavy atom. The minimum Gasteiger partial charge on any atom is -0.310 e. The second kappa shape index (κ2) is 5.45. The summed E-state index contributed by atoms with van der Waals surface area (Å²) >= 11 is 2.09. The highest BCUT2D eigenvalue weighted by Gasteiger charge is 2.23. The minimum absolute atomic E-state index is 0.751. The van der Waals surface area contributed by atoms with Gasteiger partial charge in [-0.2, -0.15) is 11.8 Å². The van der Waals surface area contributed by atoms with Crippen molar-refractivity contribution in [1.29, 1.82) is 0 Å². The Bertz CT molecular complexity index is 367. The van der Waals surface area contributed by atoms with Gasteiger partial charge >= 0.3 is 0 Å². The fraction of sp³-hybridized carbons (Fsp3) is 0.600. The Labute approximate surface area is 108 Å². The van der Waals surface area contributed by atoms with E-state index in [1.165, 1.54) is 42.8 Å². The summed E-state index contributed by atoms with van der Waals surface area (Å²) in [6, 6.07) is 9.93. The monoisotopic (exact) mass is 247 g/mol. The van der Waals surface area contributed by atoms with Crippen LogP contribution in [0.25, 0.3) is 0 Å². The molecule has 0 bridgehead atoms. The van der Waals surface area contributed by atoms with E-state index in [0.717, 1.165) is 18.5 Å². The van der Waals surface area contributed by atoms with Crippen LogP contribution in [0.15, 0.2) is 24.3 Å². The van der Waals surface area contributed by atoms with Gasteiger partial charge in [0, 0.05) is 12.6 Å². The molecule has 1 aromatic rings. The molecule has 0 unspecified atom stereocenters. The van der Waals surface area contributed by atoms with Crippen LogP contribution in [-0.4, -0.2) is 17.5 Å². The average Bonchev–Trinajstić information content (AvgIpc) is 3.22. The molecule has 92 valence electrons. The van der Waals surface area contributed by atoms with E-state index < -0.39 is 0 Å². The summed E-state index contributed by atoms with van der Waals surface area (Å²) < 4.78 is 0. The molecule has 17 heavy (non-hydrogen) atoms. The van der Waals surface area contributed by atoms with Crippen LogP contribution in [0.4, 0.5) is 0 Å². The third-order valence-corrected chi connectivity index (χ3v) is 4.86. The summed E-state index contributed by atoms with van der Waals surface area (Å²) in [7, 11) is 0. The normalized spacial score (nSPS) is 21.6. The fourth-order valence-corrected chi connectivity index (χ4v) is 3.64. The lowest BCUT2D eigenvalue weighted by Crippen LogP contribution is -2.32. The molecule has 0 radical (unpaired) electrons. The molecule has 2 heteroatoms. The van der Waals surface area contributed by atoms with E-state index in [2.05, 4.69) is 41.3 Å². The molecule has 2 fully saturated rings. The molecule has 1 heterocycles. The van der Waals surface area contributed by atoms with Crippen LogP contribution in [0.5, 0.6) is 0 Å². The van der Waals surface area contributed by atoms with Crippen LogP contribution in [0.3, 0.4) is 0 Å². The molecule has 1 saturated carbocycles. The van der Waals surface area contributed by atoms with E-state index in [1.54, 1.807) is 5.56 Å². The quantitative estimate of drug-likeness (QED) is 0.873.